The van der Waals surface area contributed by atoms with Crippen molar-refractivity contribution >= 4 is 21.6 Å². The van der Waals surface area contributed by atoms with Crippen LogP contribution < -0.4 is 10.2 Å². The molecule has 0 radical (unpaired) electrons. The van der Waals surface area contributed by atoms with Crippen LogP contribution in [-0.4, -0.2) is 25.7 Å². The third kappa shape index (κ3) is 2.99. The second-order valence-corrected chi connectivity index (χ2v) is 5.27. The minimum absolute atomic E-state index is 0.142. The summed E-state index contributed by atoms with van der Waals surface area (Å²) in [6, 6.07) is 5.63. The van der Waals surface area contributed by atoms with Crippen LogP contribution in [0.1, 0.15) is 19.8 Å². The van der Waals surface area contributed by atoms with Crippen LogP contribution in [0.15, 0.2) is 22.7 Å². The minimum atomic E-state index is -0.142. The second kappa shape index (κ2) is 5.83. The fourth-order valence-corrected chi connectivity index (χ4v) is 3.02. The number of likely N-dealkylation sites (N-methyl/N-ethyl adjacent to an activating group) is 1. The summed E-state index contributed by atoms with van der Waals surface area (Å²) in [5.41, 5.74) is 0.704. The first kappa shape index (κ1) is 12.8. The smallest absolute Gasteiger partial charge is 0.147 e. The maximum absolute atomic E-state index is 13.9. The number of nitrogens with one attached hydrogen (secondary N) is 1. The molecule has 1 aromatic carbocycles. The number of benzene rings is 1. The summed E-state index contributed by atoms with van der Waals surface area (Å²) in [4.78, 5) is 2.14. The quantitative estimate of drug-likeness (QED) is 0.922. The molecular weight excluding hydrogens is 283 g/mol. The van der Waals surface area contributed by atoms with Gasteiger partial charge in [-0.2, -0.15) is 0 Å². The Labute approximate surface area is 110 Å². The molecule has 1 atom stereocenters. The Bertz CT molecular complexity index is 361. The molecule has 0 saturated carbocycles. The predicted octanol–water partition coefficient (Wildman–Crippen LogP) is 3.17. The Morgan fingerprint density at radius 2 is 2.35 bits per heavy atom. The number of nitrogens with zero attached hydrogens (tertiary/aromatic N) is 1. The number of para-hydroxylation sites is 1. The van der Waals surface area contributed by atoms with Gasteiger partial charge < -0.3 is 10.2 Å². The lowest BCUT2D eigenvalue weighted by Crippen LogP contribution is -2.46. The molecule has 1 heterocycles. The van der Waals surface area contributed by atoms with Crippen molar-refractivity contribution in [2.75, 3.05) is 24.5 Å². The third-order valence-electron chi connectivity index (χ3n) is 3.17. The average Bonchev–Trinajstić information content (AvgIpc) is 2.30. The van der Waals surface area contributed by atoms with Crippen LogP contribution in [0.5, 0.6) is 0 Å². The molecule has 0 bridgehead atoms. The topological polar surface area (TPSA) is 15.3 Å². The number of piperidine rings is 1. The molecule has 2 nitrogen and oxygen atoms in total. The van der Waals surface area contributed by atoms with E-state index < -0.39 is 0 Å². The summed E-state index contributed by atoms with van der Waals surface area (Å²) >= 11 is 3.44. The third-order valence-corrected chi connectivity index (χ3v) is 3.81. The zero-order valence-electron chi connectivity index (χ0n) is 10.0. The number of halogens is 2. The highest BCUT2D eigenvalue weighted by molar-refractivity contribution is 9.10. The largest absolute Gasteiger partial charge is 0.367 e. The van der Waals surface area contributed by atoms with Crippen LogP contribution in [0, 0.1) is 5.82 Å². The summed E-state index contributed by atoms with van der Waals surface area (Å²) in [6.07, 6.45) is 2.29. The Kier molecular flexibility index (Phi) is 4.40. The fourth-order valence-electron chi connectivity index (χ4n) is 2.43. The van der Waals surface area contributed by atoms with Gasteiger partial charge in [-0.1, -0.05) is 13.0 Å². The summed E-state index contributed by atoms with van der Waals surface area (Å²) < 4.78 is 14.7. The predicted molar refractivity (Wildman–Crippen MR) is 73.0 cm³/mol. The van der Waals surface area contributed by atoms with Gasteiger partial charge in [0.2, 0.25) is 0 Å². The minimum Gasteiger partial charge on any atom is -0.367 e. The molecule has 94 valence electrons. The normalized spacial score (nSPS) is 20.6. The highest BCUT2D eigenvalue weighted by atomic mass is 79.9. The van der Waals surface area contributed by atoms with E-state index in [0.717, 1.165) is 30.5 Å². The molecule has 0 amide bonds. The first-order valence-electron chi connectivity index (χ1n) is 6.14. The molecule has 2 rings (SSSR count). The molecule has 17 heavy (non-hydrogen) atoms. The zero-order valence-corrected chi connectivity index (χ0v) is 11.6. The van der Waals surface area contributed by atoms with Crippen molar-refractivity contribution in [2.24, 2.45) is 0 Å². The van der Waals surface area contributed by atoms with Gasteiger partial charge in [-0.05, 0) is 47.4 Å². The Morgan fingerprint density at radius 1 is 1.53 bits per heavy atom. The zero-order chi connectivity index (χ0) is 12.3. The highest BCUT2D eigenvalue weighted by Gasteiger charge is 2.22. The van der Waals surface area contributed by atoms with Gasteiger partial charge in [0.15, 0.2) is 0 Å². The van der Waals surface area contributed by atoms with Gasteiger partial charge in [-0.15, -0.1) is 0 Å². The van der Waals surface area contributed by atoms with Crippen molar-refractivity contribution in [3.8, 4) is 0 Å². The van der Waals surface area contributed by atoms with E-state index in [1.54, 1.807) is 6.07 Å². The van der Waals surface area contributed by atoms with Crippen LogP contribution in [-0.2, 0) is 0 Å². The van der Waals surface area contributed by atoms with Crippen LogP contribution >= 0.6 is 15.9 Å². The van der Waals surface area contributed by atoms with Crippen molar-refractivity contribution in [3.63, 3.8) is 0 Å². The van der Waals surface area contributed by atoms with E-state index in [9.17, 15) is 4.39 Å². The molecule has 1 N–H and O–H groups in total. The summed E-state index contributed by atoms with van der Waals surface area (Å²) in [7, 11) is 0. The van der Waals surface area contributed by atoms with Gasteiger partial charge >= 0.3 is 0 Å². The van der Waals surface area contributed by atoms with Gasteiger partial charge in [-0.25, -0.2) is 4.39 Å². The van der Waals surface area contributed by atoms with Gasteiger partial charge in [0.1, 0.15) is 5.82 Å². The molecule has 4 heteroatoms. The summed E-state index contributed by atoms with van der Waals surface area (Å²) in [5.74, 6) is -0.142. The van der Waals surface area contributed by atoms with E-state index in [1.807, 2.05) is 6.07 Å². The lowest BCUT2D eigenvalue weighted by molar-refractivity contribution is 0.427. The van der Waals surface area contributed by atoms with Crippen molar-refractivity contribution in [1.82, 2.24) is 5.32 Å². The van der Waals surface area contributed by atoms with Crippen molar-refractivity contribution in [3.05, 3.63) is 28.5 Å². The molecule has 0 aromatic heterocycles. The Balaban J connectivity index is 2.16. The van der Waals surface area contributed by atoms with Gasteiger partial charge in [0.25, 0.3) is 0 Å². The average molecular weight is 301 g/mol. The Morgan fingerprint density at radius 3 is 3.06 bits per heavy atom. The van der Waals surface area contributed by atoms with E-state index in [1.165, 1.54) is 12.5 Å². The van der Waals surface area contributed by atoms with E-state index >= 15 is 0 Å². The van der Waals surface area contributed by atoms with E-state index in [0.29, 0.717) is 11.7 Å². The lowest BCUT2D eigenvalue weighted by atomic mass is 10.0. The first-order valence-corrected chi connectivity index (χ1v) is 6.94. The molecule has 1 unspecified atom stereocenters. The molecular formula is C13H18BrFN2. The molecule has 1 saturated heterocycles. The lowest BCUT2D eigenvalue weighted by Gasteiger charge is -2.35. The highest BCUT2D eigenvalue weighted by Crippen LogP contribution is 2.31. The van der Waals surface area contributed by atoms with Crippen LogP contribution in [0.2, 0.25) is 0 Å². The SMILES string of the molecule is CCNC1CCCN(c2c(F)cccc2Br)C1. The molecule has 0 aliphatic carbocycles. The molecule has 1 aliphatic rings. The van der Waals surface area contributed by atoms with Gasteiger partial charge in [0, 0.05) is 23.6 Å². The van der Waals surface area contributed by atoms with Crippen molar-refractivity contribution < 1.29 is 4.39 Å². The fraction of sp³-hybridized carbons (Fsp3) is 0.538. The number of anilines is 1. The van der Waals surface area contributed by atoms with Crippen LogP contribution in [0.25, 0.3) is 0 Å². The Hall–Kier alpha value is -0.610. The summed E-state index contributed by atoms with van der Waals surface area (Å²) in [5, 5.41) is 3.44. The number of hydrogen-bond donors (Lipinski definition) is 1. The monoisotopic (exact) mass is 300 g/mol. The molecule has 1 fully saturated rings. The summed E-state index contributed by atoms with van der Waals surface area (Å²) in [6.45, 7) is 4.89. The molecule has 0 spiro atoms. The molecule has 1 aliphatic heterocycles. The van der Waals surface area contributed by atoms with Crippen molar-refractivity contribution in [2.45, 2.75) is 25.8 Å². The van der Waals surface area contributed by atoms with E-state index in [2.05, 4.69) is 33.1 Å². The first-order chi connectivity index (χ1) is 8.22. The molecule has 1 aromatic rings. The van der Waals surface area contributed by atoms with Gasteiger partial charge in [0.05, 0.1) is 5.69 Å². The number of rotatable bonds is 3. The maximum Gasteiger partial charge on any atom is 0.147 e. The van der Waals surface area contributed by atoms with Crippen LogP contribution in [0.4, 0.5) is 10.1 Å². The maximum atomic E-state index is 13.9. The van der Waals surface area contributed by atoms with E-state index in [-0.39, 0.29) is 5.82 Å². The van der Waals surface area contributed by atoms with Gasteiger partial charge in [-0.3, -0.25) is 0 Å². The standard InChI is InChI=1S/C13H18BrFN2/c1-2-16-10-5-4-8-17(9-10)13-11(14)6-3-7-12(13)15/h3,6-7,10,16H,2,4-5,8-9H2,1H3. The second-order valence-electron chi connectivity index (χ2n) is 4.41. The number of hydrogen-bond acceptors (Lipinski definition) is 2. The van der Waals surface area contributed by atoms with Crippen molar-refractivity contribution in [1.29, 1.82) is 0 Å². The van der Waals surface area contributed by atoms with Crippen LogP contribution in [0.3, 0.4) is 0 Å². The van der Waals surface area contributed by atoms with E-state index in [4.69, 9.17) is 0 Å².